The highest BCUT2D eigenvalue weighted by atomic mass is 32.2. The largest absolute Gasteiger partial charge is 0.444 e. The zero-order valence-corrected chi connectivity index (χ0v) is 26.3. The summed E-state index contributed by atoms with van der Waals surface area (Å²) in [5, 5.41) is 6.08. The first-order valence-electron chi connectivity index (χ1n) is 14.8. The van der Waals surface area contributed by atoms with Crippen molar-refractivity contribution in [3.05, 3.63) is 35.4 Å². The zero-order chi connectivity index (χ0) is 30.1. The van der Waals surface area contributed by atoms with E-state index in [0.717, 1.165) is 24.8 Å². The summed E-state index contributed by atoms with van der Waals surface area (Å²) in [6.07, 6.45) is 3.80. The van der Waals surface area contributed by atoms with Crippen molar-refractivity contribution in [2.75, 3.05) is 12.8 Å². The zero-order valence-electron chi connectivity index (χ0n) is 25.5. The van der Waals surface area contributed by atoms with Gasteiger partial charge in [0.2, 0.25) is 17.7 Å². The molecular weight excluding hydrogens is 540 g/mol. The van der Waals surface area contributed by atoms with Gasteiger partial charge in [0.15, 0.2) is 0 Å². The summed E-state index contributed by atoms with van der Waals surface area (Å²) in [4.78, 5) is 57.1. The minimum Gasteiger partial charge on any atom is -0.444 e. The van der Waals surface area contributed by atoms with Gasteiger partial charge in [-0.1, -0.05) is 45.0 Å². The van der Waals surface area contributed by atoms with Crippen LogP contribution in [0.4, 0.5) is 4.79 Å². The Morgan fingerprint density at radius 3 is 2.54 bits per heavy atom. The number of nitrogens with zero attached hydrogens (tertiary/aromatic N) is 2. The third kappa shape index (κ3) is 6.84. The number of ether oxygens (including phenoxy) is 1. The Morgan fingerprint density at radius 1 is 1.15 bits per heavy atom. The molecule has 2 heterocycles. The molecule has 0 spiro atoms. The van der Waals surface area contributed by atoms with Gasteiger partial charge >= 0.3 is 6.09 Å². The number of nitrogens with one attached hydrogen (secondary N) is 2. The van der Waals surface area contributed by atoms with Crippen LogP contribution in [-0.4, -0.2) is 75.5 Å². The minimum atomic E-state index is -0.787. The number of hydrogen-bond donors (Lipinski definition) is 2. The molecule has 1 aliphatic carbocycles. The van der Waals surface area contributed by atoms with E-state index in [2.05, 4.69) is 22.8 Å². The number of benzene rings is 1. The maximum absolute atomic E-state index is 14.1. The molecule has 2 fully saturated rings. The van der Waals surface area contributed by atoms with E-state index in [1.807, 2.05) is 32.9 Å². The second-order valence-electron chi connectivity index (χ2n) is 13.2. The highest BCUT2D eigenvalue weighted by molar-refractivity contribution is 7.99. The Balaban J connectivity index is 1.51. The number of hydrogen-bond acceptors (Lipinski definition) is 6. The van der Waals surface area contributed by atoms with Crippen molar-refractivity contribution in [1.29, 1.82) is 0 Å². The molecular formula is C31H46N4O5S. The number of rotatable bonds is 6. The van der Waals surface area contributed by atoms with Gasteiger partial charge in [0.05, 0.1) is 11.4 Å². The lowest BCUT2D eigenvalue weighted by atomic mass is 9.83. The number of carbonyl (C=O) groups excluding carboxylic acids is 4. The van der Waals surface area contributed by atoms with Gasteiger partial charge in [-0.05, 0) is 81.6 Å². The van der Waals surface area contributed by atoms with Gasteiger partial charge < -0.3 is 20.3 Å². The molecule has 2 saturated heterocycles. The number of amides is 4. The summed E-state index contributed by atoms with van der Waals surface area (Å²) in [6.45, 7) is 11.2. The summed E-state index contributed by atoms with van der Waals surface area (Å²) in [5.74, 6) is -0.105. The Morgan fingerprint density at radius 2 is 1.85 bits per heavy atom. The molecule has 5 atom stereocenters. The van der Waals surface area contributed by atoms with Crippen molar-refractivity contribution >= 4 is 35.6 Å². The highest BCUT2D eigenvalue weighted by Gasteiger charge is 2.54. The number of carbonyl (C=O) groups is 4. The normalized spacial score (nSPS) is 26.2. The number of thioether (sulfide) groups is 1. The number of likely N-dealkylation sites (N-methyl/N-ethyl adjacent to an activating group) is 1. The van der Waals surface area contributed by atoms with E-state index in [9.17, 15) is 19.2 Å². The SMILES string of the molecule is CCC(C(=O)N[C@H]1CCS[C@H]2CC(C)(C)[C@@H](C(=O)N[C@@H]3CCCc4ccccc43)N2C1=O)N(C)C(=O)OC(C)(C)C. The Bertz CT molecular complexity index is 1170. The van der Waals surface area contributed by atoms with Gasteiger partial charge in [0.25, 0.3) is 0 Å². The van der Waals surface area contributed by atoms with E-state index in [-0.39, 0.29) is 23.2 Å². The Labute approximate surface area is 248 Å². The van der Waals surface area contributed by atoms with Crippen molar-refractivity contribution in [3.63, 3.8) is 0 Å². The molecule has 0 aromatic heterocycles. The van der Waals surface area contributed by atoms with Crippen molar-refractivity contribution < 1.29 is 23.9 Å². The van der Waals surface area contributed by atoms with Crippen LogP contribution in [0.5, 0.6) is 0 Å². The smallest absolute Gasteiger partial charge is 0.410 e. The van der Waals surface area contributed by atoms with Crippen LogP contribution < -0.4 is 10.6 Å². The molecule has 226 valence electrons. The lowest BCUT2D eigenvalue weighted by molar-refractivity contribution is -0.144. The predicted molar refractivity (Wildman–Crippen MR) is 160 cm³/mol. The second kappa shape index (κ2) is 12.2. The molecule has 10 heteroatoms. The standard InChI is InChI=1S/C31H46N4O5S/c1-8-23(34(7)29(39)40-30(2,3)4)26(36)33-22-16-17-41-24-18-31(5,6)25(35(24)28(22)38)27(37)32-21-15-11-13-19-12-9-10-14-20(19)21/h9-10,12,14,21-25H,8,11,13,15-18H2,1-7H3,(H,32,37)(H,33,36)/t21-,22+,23?,24+,25-/m1/s1. The van der Waals surface area contributed by atoms with Crippen molar-refractivity contribution in [2.45, 2.75) is 115 Å². The fraction of sp³-hybridized carbons (Fsp3) is 0.677. The second-order valence-corrected chi connectivity index (χ2v) is 14.5. The van der Waals surface area contributed by atoms with Gasteiger partial charge in [-0.3, -0.25) is 19.3 Å². The third-order valence-corrected chi connectivity index (χ3v) is 9.64. The summed E-state index contributed by atoms with van der Waals surface area (Å²) in [5.41, 5.74) is 1.29. The van der Waals surface area contributed by atoms with Crippen LogP contribution in [0.3, 0.4) is 0 Å². The summed E-state index contributed by atoms with van der Waals surface area (Å²) in [7, 11) is 1.54. The molecule has 1 unspecified atom stereocenters. The van der Waals surface area contributed by atoms with Gasteiger partial charge in [0, 0.05) is 7.05 Å². The van der Waals surface area contributed by atoms with E-state index < -0.39 is 41.1 Å². The monoisotopic (exact) mass is 586 g/mol. The van der Waals surface area contributed by atoms with Gasteiger partial charge in [0.1, 0.15) is 23.7 Å². The maximum Gasteiger partial charge on any atom is 0.410 e. The number of aryl methyl sites for hydroxylation is 1. The van der Waals surface area contributed by atoms with Gasteiger partial charge in [-0.2, -0.15) is 0 Å². The van der Waals surface area contributed by atoms with E-state index in [4.69, 9.17) is 4.74 Å². The average Bonchev–Trinajstić information content (AvgIpc) is 3.08. The molecule has 1 aromatic rings. The Hall–Kier alpha value is -2.75. The third-order valence-electron chi connectivity index (χ3n) is 8.39. The van der Waals surface area contributed by atoms with Crippen molar-refractivity contribution in [3.8, 4) is 0 Å². The summed E-state index contributed by atoms with van der Waals surface area (Å²) >= 11 is 1.67. The van der Waals surface area contributed by atoms with Crippen LogP contribution in [0, 0.1) is 5.41 Å². The molecule has 1 aromatic carbocycles. The van der Waals surface area contributed by atoms with Crippen molar-refractivity contribution in [2.24, 2.45) is 5.41 Å². The van der Waals surface area contributed by atoms with Crippen LogP contribution in [0.2, 0.25) is 0 Å². The molecule has 9 nitrogen and oxygen atoms in total. The molecule has 41 heavy (non-hydrogen) atoms. The fourth-order valence-electron chi connectivity index (χ4n) is 6.37. The topological polar surface area (TPSA) is 108 Å². The van der Waals surface area contributed by atoms with E-state index in [1.54, 1.807) is 37.4 Å². The van der Waals surface area contributed by atoms with Crippen molar-refractivity contribution in [1.82, 2.24) is 20.4 Å². The fourth-order valence-corrected chi connectivity index (χ4v) is 7.95. The van der Waals surface area contributed by atoms with E-state index >= 15 is 0 Å². The van der Waals surface area contributed by atoms with Crippen LogP contribution in [0.1, 0.15) is 90.8 Å². The molecule has 2 N–H and O–H groups in total. The summed E-state index contributed by atoms with van der Waals surface area (Å²) < 4.78 is 5.45. The first kappa shape index (κ1) is 31.2. The van der Waals surface area contributed by atoms with Crippen LogP contribution >= 0.6 is 11.8 Å². The Kier molecular flexibility index (Phi) is 9.31. The molecule has 3 aliphatic rings. The van der Waals surface area contributed by atoms with E-state index in [0.29, 0.717) is 25.0 Å². The molecule has 4 rings (SSSR count). The molecule has 0 saturated carbocycles. The lowest BCUT2D eigenvalue weighted by Crippen LogP contribution is -2.58. The first-order chi connectivity index (χ1) is 19.2. The lowest BCUT2D eigenvalue weighted by Gasteiger charge is -2.36. The highest BCUT2D eigenvalue weighted by Crippen LogP contribution is 2.46. The first-order valence-corrected chi connectivity index (χ1v) is 15.9. The van der Waals surface area contributed by atoms with Crippen LogP contribution in [0.15, 0.2) is 24.3 Å². The number of fused-ring (bicyclic) bond motifs is 2. The van der Waals surface area contributed by atoms with Crippen LogP contribution in [0.25, 0.3) is 0 Å². The molecule has 2 aliphatic heterocycles. The van der Waals surface area contributed by atoms with Gasteiger partial charge in [-0.25, -0.2) is 4.79 Å². The van der Waals surface area contributed by atoms with E-state index in [1.165, 1.54) is 17.5 Å². The maximum atomic E-state index is 14.1. The van der Waals surface area contributed by atoms with Gasteiger partial charge in [-0.15, -0.1) is 11.8 Å². The average molecular weight is 587 g/mol. The predicted octanol–water partition coefficient (Wildman–Crippen LogP) is 4.40. The summed E-state index contributed by atoms with van der Waals surface area (Å²) in [6, 6.07) is 5.94. The quantitative estimate of drug-likeness (QED) is 0.512. The molecule has 0 bridgehead atoms. The van der Waals surface area contributed by atoms with Crippen LogP contribution in [-0.2, 0) is 25.5 Å². The minimum absolute atomic E-state index is 0.0822. The molecule has 0 radical (unpaired) electrons. The molecule has 4 amide bonds.